The van der Waals surface area contributed by atoms with Crippen LogP contribution in [0.2, 0.25) is 0 Å². The summed E-state index contributed by atoms with van der Waals surface area (Å²) in [6.07, 6.45) is 2.45. The normalized spacial score (nSPS) is 20.1. The van der Waals surface area contributed by atoms with Gasteiger partial charge in [-0.2, -0.15) is 0 Å². The Hall–Kier alpha value is -1.22. The van der Waals surface area contributed by atoms with Crippen molar-refractivity contribution in [1.82, 2.24) is 5.32 Å². The molecule has 1 N–H and O–H groups in total. The monoisotopic (exact) mass is 219 g/mol. The molecule has 0 saturated carbocycles. The number of hydrogen-bond donors (Lipinski definition) is 1. The highest BCUT2D eigenvalue weighted by Crippen LogP contribution is 2.38. The van der Waals surface area contributed by atoms with Crippen molar-refractivity contribution in [3.05, 3.63) is 23.3 Å². The second-order valence-electron chi connectivity index (χ2n) is 4.59. The van der Waals surface area contributed by atoms with Crippen LogP contribution in [0.15, 0.2) is 12.1 Å². The summed E-state index contributed by atoms with van der Waals surface area (Å²) in [7, 11) is 0. The Balaban J connectivity index is 1.94. The molecule has 0 aliphatic carbocycles. The highest BCUT2D eigenvalue weighted by molar-refractivity contribution is 5.49. The lowest BCUT2D eigenvalue weighted by atomic mass is 9.87. The first kappa shape index (κ1) is 9.97. The number of hydrogen-bond acceptors (Lipinski definition) is 3. The molecule has 0 spiro atoms. The number of ether oxygens (including phenoxy) is 2. The Morgan fingerprint density at radius 2 is 1.81 bits per heavy atom. The van der Waals surface area contributed by atoms with Crippen LogP contribution in [0.25, 0.3) is 0 Å². The molecule has 0 atom stereocenters. The molecule has 0 amide bonds. The van der Waals surface area contributed by atoms with Crippen molar-refractivity contribution in [2.24, 2.45) is 0 Å². The van der Waals surface area contributed by atoms with Crippen molar-refractivity contribution < 1.29 is 9.47 Å². The van der Waals surface area contributed by atoms with E-state index >= 15 is 0 Å². The van der Waals surface area contributed by atoms with Crippen LogP contribution in [-0.4, -0.2) is 19.9 Å². The molecular weight excluding hydrogens is 202 g/mol. The Morgan fingerprint density at radius 3 is 2.56 bits per heavy atom. The molecule has 1 aromatic carbocycles. The summed E-state index contributed by atoms with van der Waals surface area (Å²) in [6, 6.07) is 4.29. The van der Waals surface area contributed by atoms with Crippen molar-refractivity contribution in [3.63, 3.8) is 0 Å². The van der Waals surface area contributed by atoms with Crippen LogP contribution >= 0.6 is 0 Å². The number of piperidine rings is 1. The molecule has 0 aromatic heterocycles. The summed E-state index contributed by atoms with van der Waals surface area (Å²) in [5.41, 5.74) is 2.77. The van der Waals surface area contributed by atoms with E-state index in [1.54, 1.807) is 0 Å². The van der Waals surface area contributed by atoms with Gasteiger partial charge in [0.1, 0.15) is 0 Å². The maximum absolute atomic E-state index is 5.45. The lowest BCUT2D eigenvalue weighted by Gasteiger charge is -2.24. The summed E-state index contributed by atoms with van der Waals surface area (Å²) in [4.78, 5) is 0. The topological polar surface area (TPSA) is 30.5 Å². The first-order chi connectivity index (χ1) is 7.84. The van der Waals surface area contributed by atoms with Crippen molar-refractivity contribution in [2.75, 3.05) is 19.9 Å². The molecule has 3 rings (SSSR count). The van der Waals surface area contributed by atoms with Gasteiger partial charge in [0, 0.05) is 0 Å². The third kappa shape index (κ3) is 1.65. The number of benzene rings is 1. The second-order valence-corrected chi connectivity index (χ2v) is 4.59. The predicted octanol–water partition coefficient (Wildman–Crippen LogP) is 2.19. The summed E-state index contributed by atoms with van der Waals surface area (Å²) < 4.78 is 10.8. The minimum Gasteiger partial charge on any atom is -0.454 e. The molecule has 2 aliphatic rings. The number of nitrogens with one attached hydrogen (secondary N) is 1. The second kappa shape index (κ2) is 3.98. The largest absolute Gasteiger partial charge is 0.454 e. The number of rotatable bonds is 1. The Bertz CT molecular complexity index is 397. The Labute approximate surface area is 95.8 Å². The van der Waals surface area contributed by atoms with E-state index in [1.807, 2.05) is 0 Å². The maximum Gasteiger partial charge on any atom is 0.231 e. The molecule has 0 radical (unpaired) electrons. The van der Waals surface area contributed by atoms with Crippen LogP contribution in [0.5, 0.6) is 11.5 Å². The van der Waals surface area contributed by atoms with Gasteiger partial charge < -0.3 is 14.8 Å². The van der Waals surface area contributed by atoms with Crippen molar-refractivity contribution in [2.45, 2.75) is 25.7 Å². The van der Waals surface area contributed by atoms with Crippen LogP contribution in [0.4, 0.5) is 0 Å². The molecule has 1 aromatic rings. The lowest BCUT2D eigenvalue weighted by Crippen LogP contribution is -2.26. The van der Waals surface area contributed by atoms with Gasteiger partial charge in [-0.05, 0) is 62.0 Å². The van der Waals surface area contributed by atoms with Gasteiger partial charge in [0.05, 0.1) is 0 Å². The zero-order valence-corrected chi connectivity index (χ0v) is 9.58. The molecule has 0 unspecified atom stereocenters. The molecule has 1 fully saturated rings. The summed E-state index contributed by atoms with van der Waals surface area (Å²) in [5.74, 6) is 2.49. The molecule has 2 heterocycles. The Kier molecular flexibility index (Phi) is 2.48. The van der Waals surface area contributed by atoms with Gasteiger partial charge >= 0.3 is 0 Å². The third-order valence-electron chi connectivity index (χ3n) is 3.54. The molecule has 16 heavy (non-hydrogen) atoms. The lowest BCUT2D eigenvalue weighted by molar-refractivity contribution is 0.174. The van der Waals surface area contributed by atoms with Crippen molar-refractivity contribution in [1.29, 1.82) is 0 Å². The molecule has 0 bridgehead atoms. The Morgan fingerprint density at radius 1 is 1.12 bits per heavy atom. The van der Waals surface area contributed by atoms with E-state index in [9.17, 15) is 0 Å². The highest BCUT2D eigenvalue weighted by Gasteiger charge is 2.21. The van der Waals surface area contributed by atoms with Gasteiger partial charge in [-0.25, -0.2) is 0 Å². The standard InChI is InChI=1S/C13H17NO2/c1-9-6-12-13(16-8-15-12)7-11(9)10-2-4-14-5-3-10/h6-7,10,14H,2-5,8H2,1H3. The van der Waals surface area contributed by atoms with Crippen LogP contribution in [-0.2, 0) is 0 Å². The number of aryl methyl sites for hydroxylation is 1. The van der Waals surface area contributed by atoms with Gasteiger partial charge in [-0.1, -0.05) is 0 Å². The van der Waals surface area contributed by atoms with Crippen molar-refractivity contribution >= 4 is 0 Å². The van der Waals surface area contributed by atoms with Gasteiger partial charge in [0.2, 0.25) is 6.79 Å². The summed E-state index contributed by atoms with van der Waals surface area (Å²) in [5, 5.41) is 3.40. The smallest absolute Gasteiger partial charge is 0.231 e. The third-order valence-corrected chi connectivity index (χ3v) is 3.54. The average molecular weight is 219 g/mol. The summed E-state index contributed by atoms with van der Waals surface area (Å²) >= 11 is 0. The minimum absolute atomic E-state index is 0.366. The highest BCUT2D eigenvalue weighted by atomic mass is 16.7. The summed E-state index contributed by atoms with van der Waals surface area (Å²) in [6.45, 7) is 4.78. The van der Waals surface area contributed by atoms with Gasteiger partial charge in [0.25, 0.3) is 0 Å². The van der Waals surface area contributed by atoms with E-state index in [2.05, 4.69) is 24.4 Å². The van der Waals surface area contributed by atoms with E-state index < -0.39 is 0 Å². The SMILES string of the molecule is Cc1cc2c(cc1C1CCNCC1)OCO2. The fourth-order valence-corrected chi connectivity index (χ4v) is 2.63. The first-order valence-corrected chi connectivity index (χ1v) is 5.95. The molecule has 3 heteroatoms. The van der Waals surface area contributed by atoms with Crippen molar-refractivity contribution in [3.8, 4) is 11.5 Å². The zero-order chi connectivity index (χ0) is 11.0. The van der Waals surface area contributed by atoms with Crippen LogP contribution in [0, 0.1) is 6.92 Å². The van der Waals surface area contributed by atoms with Gasteiger partial charge in [0.15, 0.2) is 11.5 Å². The van der Waals surface area contributed by atoms with E-state index in [4.69, 9.17) is 9.47 Å². The molecule has 1 saturated heterocycles. The zero-order valence-electron chi connectivity index (χ0n) is 9.58. The maximum atomic E-state index is 5.45. The van der Waals surface area contributed by atoms with E-state index in [1.165, 1.54) is 24.0 Å². The van der Waals surface area contributed by atoms with E-state index in [-0.39, 0.29) is 0 Å². The molecule has 86 valence electrons. The molecular formula is C13H17NO2. The van der Waals surface area contributed by atoms with Gasteiger partial charge in [-0.15, -0.1) is 0 Å². The first-order valence-electron chi connectivity index (χ1n) is 5.95. The van der Waals surface area contributed by atoms with Gasteiger partial charge in [-0.3, -0.25) is 0 Å². The van der Waals surface area contributed by atoms with Crippen LogP contribution in [0.1, 0.15) is 29.9 Å². The van der Waals surface area contributed by atoms with E-state index in [0.29, 0.717) is 12.7 Å². The predicted molar refractivity (Wildman–Crippen MR) is 62.1 cm³/mol. The minimum atomic E-state index is 0.366. The van der Waals surface area contributed by atoms with Crippen LogP contribution < -0.4 is 14.8 Å². The fourth-order valence-electron chi connectivity index (χ4n) is 2.63. The number of fused-ring (bicyclic) bond motifs is 1. The quantitative estimate of drug-likeness (QED) is 0.785. The van der Waals surface area contributed by atoms with E-state index in [0.717, 1.165) is 24.6 Å². The van der Waals surface area contributed by atoms with Crippen LogP contribution in [0.3, 0.4) is 0 Å². The fraction of sp³-hybridized carbons (Fsp3) is 0.538. The average Bonchev–Trinajstić information content (AvgIpc) is 2.76. The molecule has 3 nitrogen and oxygen atoms in total. The molecule has 2 aliphatic heterocycles.